The molecular formula is C29H33N5O4. The van der Waals surface area contributed by atoms with Crippen LogP contribution in [0.5, 0.6) is 0 Å². The normalized spacial score (nSPS) is 24.0. The van der Waals surface area contributed by atoms with E-state index >= 15 is 0 Å². The minimum absolute atomic E-state index is 0.0550. The van der Waals surface area contributed by atoms with Gasteiger partial charge < -0.3 is 19.8 Å². The molecule has 1 saturated heterocycles. The number of rotatable bonds is 6. The van der Waals surface area contributed by atoms with Gasteiger partial charge in [-0.1, -0.05) is 49.3 Å². The molecule has 2 amide bonds. The number of pyridine rings is 1. The van der Waals surface area contributed by atoms with Gasteiger partial charge in [-0.2, -0.15) is 4.99 Å². The number of aliphatic hydroxyl groups excluding tert-OH is 1. The summed E-state index contributed by atoms with van der Waals surface area (Å²) >= 11 is 0. The summed E-state index contributed by atoms with van der Waals surface area (Å²) in [6, 6.07) is 12.9. The summed E-state index contributed by atoms with van der Waals surface area (Å²) in [4.78, 5) is 37.4. The number of amides is 2. The largest absolute Gasteiger partial charge is 0.391 e. The first-order valence-corrected chi connectivity index (χ1v) is 12.9. The molecule has 38 heavy (non-hydrogen) atoms. The Kier molecular flexibility index (Phi) is 6.65. The van der Waals surface area contributed by atoms with Gasteiger partial charge in [0, 0.05) is 36.5 Å². The molecule has 0 unspecified atom stereocenters. The Morgan fingerprint density at radius 1 is 1.21 bits per heavy atom. The Bertz CT molecular complexity index is 1400. The molecule has 0 spiro atoms. The number of carbonyl (C=O) groups is 2. The third-order valence-electron chi connectivity index (χ3n) is 7.57. The second-order valence-electron chi connectivity index (χ2n) is 10.8. The quantitative estimate of drug-likeness (QED) is 0.515. The first kappa shape index (κ1) is 25.8. The highest BCUT2D eigenvalue weighted by Gasteiger charge is 2.48. The number of hydrogen-bond acceptors (Lipinski definition) is 7. The van der Waals surface area contributed by atoms with Crippen LogP contribution in [0.3, 0.4) is 0 Å². The van der Waals surface area contributed by atoms with Crippen molar-refractivity contribution in [3.63, 3.8) is 0 Å². The Morgan fingerprint density at radius 3 is 2.58 bits per heavy atom. The molecular weight excluding hydrogens is 482 g/mol. The molecule has 9 heteroatoms. The van der Waals surface area contributed by atoms with Gasteiger partial charge in [-0.15, -0.1) is 0 Å². The van der Waals surface area contributed by atoms with Gasteiger partial charge in [0.2, 0.25) is 5.91 Å². The van der Waals surface area contributed by atoms with E-state index in [9.17, 15) is 14.7 Å². The molecule has 198 valence electrons. The zero-order valence-corrected chi connectivity index (χ0v) is 22.3. The molecule has 0 bridgehead atoms. The van der Waals surface area contributed by atoms with Crippen molar-refractivity contribution in [2.24, 2.45) is 10.9 Å². The van der Waals surface area contributed by atoms with Crippen LogP contribution in [0.4, 0.5) is 0 Å². The first-order valence-electron chi connectivity index (χ1n) is 12.9. The molecule has 1 fully saturated rings. The third-order valence-corrected chi connectivity index (χ3v) is 7.57. The maximum Gasteiger partial charge on any atom is 0.277 e. The van der Waals surface area contributed by atoms with Crippen LogP contribution in [0.15, 0.2) is 58.2 Å². The van der Waals surface area contributed by atoms with Gasteiger partial charge in [-0.3, -0.25) is 14.6 Å². The molecule has 4 heterocycles. The molecule has 2 N–H and O–H groups in total. The lowest BCUT2D eigenvalue weighted by Gasteiger charge is -2.31. The van der Waals surface area contributed by atoms with E-state index < -0.39 is 23.6 Å². The minimum atomic E-state index is -1.08. The van der Waals surface area contributed by atoms with Gasteiger partial charge in [0.1, 0.15) is 23.1 Å². The fourth-order valence-corrected chi connectivity index (χ4v) is 5.45. The van der Waals surface area contributed by atoms with Crippen LogP contribution < -0.4 is 5.32 Å². The lowest BCUT2D eigenvalue weighted by atomic mass is 9.90. The van der Waals surface area contributed by atoms with Crippen molar-refractivity contribution in [1.29, 1.82) is 0 Å². The van der Waals surface area contributed by atoms with E-state index in [2.05, 4.69) is 20.4 Å². The number of aryl methyl sites for hydroxylation is 2. The highest BCUT2D eigenvalue weighted by atomic mass is 16.5. The minimum Gasteiger partial charge on any atom is -0.391 e. The number of benzene rings is 1. The summed E-state index contributed by atoms with van der Waals surface area (Å²) in [5.41, 5.74) is 3.34. The molecule has 2 aromatic heterocycles. The zero-order valence-electron chi connectivity index (χ0n) is 22.3. The van der Waals surface area contributed by atoms with Crippen molar-refractivity contribution >= 4 is 17.6 Å². The number of amidine groups is 1. The van der Waals surface area contributed by atoms with E-state index in [4.69, 9.17) is 4.52 Å². The first-order chi connectivity index (χ1) is 18.1. The van der Waals surface area contributed by atoms with Crippen LogP contribution in [-0.2, 0) is 15.1 Å². The number of aliphatic imine (C=N–C) groups is 1. The second-order valence-corrected chi connectivity index (χ2v) is 10.8. The number of β-amino-alcohol motifs (C(OH)–C–C–N with tert-alkyl or cyclic N) is 1. The van der Waals surface area contributed by atoms with Crippen LogP contribution in [-0.4, -0.2) is 56.5 Å². The Morgan fingerprint density at radius 2 is 1.95 bits per heavy atom. The fourth-order valence-electron chi connectivity index (χ4n) is 5.45. The Labute approximate surface area is 222 Å². The number of nitrogens with zero attached hydrogens (tertiary/aromatic N) is 4. The van der Waals surface area contributed by atoms with E-state index in [0.29, 0.717) is 23.7 Å². The molecule has 4 atom stereocenters. The maximum absolute atomic E-state index is 13.8. The average Bonchev–Trinajstić information content (AvgIpc) is 3.57. The summed E-state index contributed by atoms with van der Waals surface area (Å²) in [5, 5.41) is 17.8. The summed E-state index contributed by atoms with van der Waals surface area (Å²) < 4.78 is 5.45. The lowest BCUT2D eigenvalue weighted by molar-refractivity contribution is -0.134. The molecule has 0 aliphatic carbocycles. The topological polar surface area (TPSA) is 121 Å². The third kappa shape index (κ3) is 4.51. The Hall–Kier alpha value is -3.85. The number of aliphatic hydroxyl groups is 1. The van der Waals surface area contributed by atoms with E-state index in [1.807, 2.05) is 64.1 Å². The van der Waals surface area contributed by atoms with Gasteiger partial charge in [0.25, 0.3) is 5.91 Å². The summed E-state index contributed by atoms with van der Waals surface area (Å²) in [7, 11) is 0. The summed E-state index contributed by atoms with van der Waals surface area (Å²) in [5.74, 6) is -0.242. The van der Waals surface area contributed by atoms with E-state index in [-0.39, 0.29) is 24.3 Å². The van der Waals surface area contributed by atoms with E-state index in [1.165, 1.54) is 0 Å². The predicted octanol–water partition coefficient (Wildman–Crippen LogP) is 3.50. The van der Waals surface area contributed by atoms with Crippen molar-refractivity contribution in [3.05, 3.63) is 71.4 Å². The van der Waals surface area contributed by atoms with Crippen molar-refractivity contribution in [2.45, 2.75) is 64.6 Å². The smallest absolute Gasteiger partial charge is 0.277 e. The van der Waals surface area contributed by atoms with Crippen molar-refractivity contribution < 1.29 is 19.2 Å². The SMILES string of the molecule is Cc1cc([C@@H](C(=O)N2C[C@H](O)C[C@@H]2C2=NC(=O)[C@](C)(c3ccc(-c4cccnc4C)cc3)N2)C(C)C)on1. The van der Waals surface area contributed by atoms with Gasteiger partial charge in [0.15, 0.2) is 0 Å². The molecule has 0 saturated carbocycles. The van der Waals surface area contributed by atoms with Gasteiger partial charge in [-0.25, -0.2) is 0 Å². The lowest BCUT2D eigenvalue weighted by Crippen LogP contribution is -2.51. The molecule has 0 radical (unpaired) electrons. The van der Waals surface area contributed by atoms with E-state index in [0.717, 1.165) is 22.4 Å². The van der Waals surface area contributed by atoms with Crippen molar-refractivity contribution in [3.8, 4) is 11.1 Å². The van der Waals surface area contributed by atoms with Crippen molar-refractivity contribution in [1.82, 2.24) is 20.4 Å². The highest BCUT2D eigenvalue weighted by molar-refractivity contribution is 6.09. The van der Waals surface area contributed by atoms with Crippen LogP contribution in [0.25, 0.3) is 11.1 Å². The molecule has 3 aromatic rings. The van der Waals surface area contributed by atoms with Gasteiger partial charge in [-0.05, 0) is 43.9 Å². The number of carbonyl (C=O) groups excluding carboxylic acids is 2. The number of hydrogen-bond donors (Lipinski definition) is 2. The van der Waals surface area contributed by atoms with Crippen LogP contribution >= 0.6 is 0 Å². The molecule has 5 rings (SSSR count). The average molecular weight is 516 g/mol. The predicted molar refractivity (Wildman–Crippen MR) is 142 cm³/mol. The van der Waals surface area contributed by atoms with Crippen molar-refractivity contribution in [2.75, 3.05) is 6.54 Å². The van der Waals surface area contributed by atoms with Gasteiger partial charge >= 0.3 is 0 Å². The molecule has 9 nitrogen and oxygen atoms in total. The van der Waals surface area contributed by atoms with Crippen LogP contribution in [0.2, 0.25) is 0 Å². The number of likely N-dealkylation sites (tertiary alicyclic amines) is 1. The molecule has 2 aliphatic rings. The summed E-state index contributed by atoms with van der Waals surface area (Å²) in [6.07, 6.45) is 1.33. The number of nitrogens with one attached hydrogen (secondary N) is 1. The maximum atomic E-state index is 13.8. The monoisotopic (exact) mass is 515 g/mol. The fraction of sp³-hybridized carbons (Fsp3) is 0.414. The standard InChI is InChI=1S/C29H33N5O4/c1-16(2)25(24-13-17(3)33-38-24)27(36)34-15-21(35)14-23(34)26-31-28(37)29(5,32-26)20-10-8-19(9-11-20)22-7-6-12-30-18(22)4/h6-13,16,21,23,25,35H,14-15H2,1-5H3,(H,31,32,37)/t21-,23-,25+,29+/m1/s1. The van der Waals surface area contributed by atoms with Crippen LogP contribution in [0, 0.1) is 19.8 Å². The van der Waals surface area contributed by atoms with E-state index in [1.54, 1.807) is 24.1 Å². The zero-order chi connectivity index (χ0) is 27.2. The number of aromatic nitrogens is 2. The van der Waals surface area contributed by atoms with Gasteiger partial charge in [0.05, 0.1) is 17.8 Å². The Balaban J connectivity index is 1.39. The molecule has 2 aliphatic heterocycles. The highest BCUT2D eigenvalue weighted by Crippen LogP contribution is 2.34. The summed E-state index contributed by atoms with van der Waals surface area (Å²) in [6.45, 7) is 9.62. The second kappa shape index (κ2) is 9.79. The van der Waals surface area contributed by atoms with Crippen LogP contribution in [0.1, 0.15) is 55.8 Å². The molecule has 1 aromatic carbocycles.